The highest BCUT2D eigenvalue weighted by Crippen LogP contribution is 2.21. The zero-order chi connectivity index (χ0) is 15.8. The van der Waals surface area contributed by atoms with Gasteiger partial charge in [-0.2, -0.15) is 10.2 Å². The van der Waals surface area contributed by atoms with Crippen LogP contribution < -0.4 is 4.90 Å². The second-order valence-corrected chi connectivity index (χ2v) is 4.97. The summed E-state index contributed by atoms with van der Waals surface area (Å²) in [5.74, 6) is -0.759. The van der Waals surface area contributed by atoms with Crippen LogP contribution in [0.3, 0.4) is 0 Å². The number of hydrogen-bond donors (Lipinski definition) is 1. The van der Waals surface area contributed by atoms with Crippen LogP contribution in [-0.2, 0) is 4.79 Å². The van der Waals surface area contributed by atoms with Gasteiger partial charge in [-0.1, -0.05) is 18.2 Å². The van der Waals surface area contributed by atoms with Crippen molar-refractivity contribution in [3.63, 3.8) is 0 Å². The van der Waals surface area contributed by atoms with E-state index in [9.17, 15) is 4.79 Å². The summed E-state index contributed by atoms with van der Waals surface area (Å²) < 4.78 is 0. The molecule has 114 valence electrons. The van der Waals surface area contributed by atoms with Crippen LogP contribution in [0.4, 0.5) is 17.1 Å². The van der Waals surface area contributed by atoms with Gasteiger partial charge in [0.05, 0.1) is 11.4 Å². The molecule has 0 amide bonds. The van der Waals surface area contributed by atoms with Crippen molar-refractivity contribution in [2.75, 3.05) is 18.5 Å². The predicted octanol–water partition coefficient (Wildman–Crippen LogP) is 4.40. The molecule has 0 saturated heterocycles. The van der Waals surface area contributed by atoms with Crippen LogP contribution in [-0.4, -0.2) is 24.7 Å². The molecule has 1 N–H and O–H groups in total. The minimum atomic E-state index is -0.759. The maximum atomic E-state index is 10.5. The highest BCUT2D eigenvalue weighted by molar-refractivity contribution is 5.66. The number of carboxylic acids is 1. The summed E-state index contributed by atoms with van der Waals surface area (Å²) in [6.07, 6.45) is 0.814. The third-order valence-corrected chi connectivity index (χ3v) is 3.21. The van der Waals surface area contributed by atoms with E-state index in [4.69, 9.17) is 5.11 Å². The minimum absolute atomic E-state index is 0.188. The Hall–Kier alpha value is -2.69. The average molecular weight is 297 g/mol. The fourth-order valence-electron chi connectivity index (χ4n) is 1.98. The van der Waals surface area contributed by atoms with Crippen molar-refractivity contribution in [1.29, 1.82) is 0 Å². The Morgan fingerprint density at radius 3 is 2.18 bits per heavy atom. The van der Waals surface area contributed by atoms with Crippen LogP contribution in [0.1, 0.15) is 12.8 Å². The number of aliphatic carboxylic acids is 1. The van der Waals surface area contributed by atoms with E-state index in [1.54, 1.807) is 0 Å². The van der Waals surface area contributed by atoms with Crippen LogP contribution in [0.2, 0.25) is 0 Å². The van der Waals surface area contributed by atoms with Crippen LogP contribution in [0.25, 0.3) is 0 Å². The van der Waals surface area contributed by atoms with Crippen molar-refractivity contribution in [2.24, 2.45) is 10.2 Å². The molecular formula is C17H19N3O2. The van der Waals surface area contributed by atoms with Gasteiger partial charge in [-0.15, -0.1) is 0 Å². The van der Waals surface area contributed by atoms with Gasteiger partial charge in [-0.3, -0.25) is 4.79 Å². The molecule has 0 saturated carbocycles. The number of benzene rings is 2. The molecule has 5 heteroatoms. The second kappa shape index (κ2) is 7.93. The second-order valence-electron chi connectivity index (χ2n) is 4.97. The molecule has 0 radical (unpaired) electrons. The van der Waals surface area contributed by atoms with Gasteiger partial charge in [0.1, 0.15) is 0 Å². The quantitative estimate of drug-likeness (QED) is 0.770. The first-order valence-corrected chi connectivity index (χ1v) is 7.15. The molecule has 0 aromatic heterocycles. The van der Waals surface area contributed by atoms with Gasteiger partial charge in [0.15, 0.2) is 0 Å². The topological polar surface area (TPSA) is 65.3 Å². The van der Waals surface area contributed by atoms with E-state index < -0.39 is 5.97 Å². The maximum absolute atomic E-state index is 10.5. The zero-order valence-corrected chi connectivity index (χ0v) is 12.5. The lowest BCUT2D eigenvalue weighted by Crippen LogP contribution is -2.19. The molecule has 2 aromatic carbocycles. The van der Waals surface area contributed by atoms with E-state index in [0.717, 1.165) is 17.1 Å². The first-order valence-electron chi connectivity index (χ1n) is 7.15. The lowest BCUT2D eigenvalue weighted by molar-refractivity contribution is -0.137. The molecule has 0 spiro atoms. The molecule has 0 unspecified atom stereocenters. The van der Waals surface area contributed by atoms with E-state index in [1.165, 1.54) is 0 Å². The molecule has 0 aliphatic rings. The molecule has 2 aromatic rings. The van der Waals surface area contributed by atoms with Crippen molar-refractivity contribution >= 4 is 23.0 Å². The number of hydrogen-bond acceptors (Lipinski definition) is 4. The fraction of sp³-hybridized carbons (Fsp3) is 0.235. The number of anilines is 1. The molecule has 0 atom stereocenters. The predicted molar refractivity (Wildman–Crippen MR) is 87.2 cm³/mol. The normalized spacial score (nSPS) is 10.8. The largest absolute Gasteiger partial charge is 0.481 e. The van der Waals surface area contributed by atoms with Crippen molar-refractivity contribution in [1.82, 2.24) is 0 Å². The Morgan fingerprint density at radius 1 is 1.00 bits per heavy atom. The molecule has 0 aliphatic carbocycles. The molecule has 2 rings (SSSR count). The third-order valence-electron chi connectivity index (χ3n) is 3.21. The SMILES string of the molecule is CN(CCCC(=O)O)c1ccc(N=Nc2ccccc2)cc1. The summed E-state index contributed by atoms with van der Waals surface area (Å²) in [7, 11) is 1.95. The average Bonchev–Trinajstić information content (AvgIpc) is 2.54. The molecule has 0 fully saturated rings. The summed E-state index contributed by atoms with van der Waals surface area (Å²) in [5.41, 5.74) is 2.63. The smallest absolute Gasteiger partial charge is 0.303 e. The summed E-state index contributed by atoms with van der Waals surface area (Å²) in [6.45, 7) is 0.706. The van der Waals surface area contributed by atoms with Crippen LogP contribution in [0.15, 0.2) is 64.8 Å². The van der Waals surface area contributed by atoms with Gasteiger partial charge in [-0.25, -0.2) is 0 Å². The monoisotopic (exact) mass is 297 g/mol. The number of carbonyl (C=O) groups is 1. The van der Waals surface area contributed by atoms with Crippen molar-refractivity contribution in [3.05, 3.63) is 54.6 Å². The summed E-state index contributed by atoms with van der Waals surface area (Å²) >= 11 is 0. The number of azo groups is 1. The Morgan fingerprint density at radius 2 is 1.59 bits per heavy atom. The molecule has 0 heterocycles. The van der Waals surface area contributed by atoms with E-state index in [2.05, 4.69) is 10.2 Å². The van der Waals surface area contributed by atoms with Gasteiger partial charge < -0.3 is 10.0 Å². The lowest BCUT2D eigenvalue weighted by Gasteiger charge is -2.18. The van der Waals surface area contributed by atoms with Gasteiger partial charge >= 0.3 is 5.97 Å². The minimum Gasteiger partial charge on any atom is -0.481 e. The standard InChI is InChI=1S/C17H19N3O2/c1-20(13-5-8-17(21)22)16-11-9-15(10-12-16)19-18-14-6-3-2-4-7-14/h2-4,6-7,9-12H,5,8,13H2,1H3,(H,21,22). The van der Waals surface area contributed by atoms with Crippen molar-refractivity contribution in [2.45, 2.75) is 12.8 Å². The molecular weight excluding hydrogens is 278 g/mol. The molecule has 22 heavy (non-hydrogen) atoms. The number of rotatable bonds is 7. The maximum Gasteiger partial charge on any atom is 0.303 e. The first kappa shape index (κ1) is 15.7. The van der Waals surface area contributed by atoms with Crippen LogP contribution in [0, 0.1) is 0 Å². The van der Waals surface area contributed by atoms with E-state index in [0.29, 0.717) is 13.0 Å². The summed E-state index contributed by atoms with van der Waals surface area (Å²) in [4.78, 5) is 12.5. The van der Waals surface area contributed by atoms with Crippen molar-refractivity contribution < 1.29 is 9.90 Å². The number of carboxylic acid groups (broad SMARTS) is 1. The van der Waals surface area contributed by atoms with E-state index in [1.807, 2.05) is 66.5 Å². The lowest BCUT2D eigenvalue weighted by atomic mass is 10.2. The summed E-state index contributed by atoms with van der Waals surface area (Å²) in [5, 5.41) is 17.0. The fourth-order valence-corrected chi connectivity index (χ4v) is 1.98. The van der Waals surface area contributed by atoms with Gasteiger partial charge in [-0.05, 0) is 42.8 Å². The Bertz CT molecular complexity index is 624. The highest BCUT2D eigenvalue weighted by atomic mass is 16.4. The van der Waals surface area contributed by atoms with Crippen molar-refractivity contribution in [3.8, 4) is 0 Å². The third kappa shape index (κ3) is 5.01. The Labute approximate surface area is 129 Å². The summed E-state index contributed by atoms with van der Waals surface area (Å²) in [6, 6.07) is 17.3. The zero-order valence-electron chi connectivity index (χ0n) is 12.5. The van der Waals surface area contributed by atoms with E-state index >= 15 is 0 Å². The van der Waals surface area contributed by atoms with Gasteiger partial charge in [0, 0.05) is 25.7 Å². The highest BCUT2D eigenvalue weighted by Gasteiger charge is 2.03. The van der Waals surface area contributed by atoms with Gasteiger partial charge in [0.2, 0.25) is 0 Å². The molecule has 0 bridgehead atoms. The molecule has 0 aliphatic heterocycles. The number of nitrogens with zero attached hydrogens (tertiary/aromatic N) is 3. The molecule has 5 nitrogen and oxygen atoms in total. The van der Waals surface area contributed by atoms with Crippen LogP contribution >= 0.6 is 0 Å². The van der Waals surface area contributed by atoms with E-state index in [-0.39, 0.29) is 6.42 Å². The Kier molecular flexibility index (Phi) is 5.65. The first-order chi connectivity index (χ1) is 10.6. The Balaban J connectivity index is 1.92. The van der Waals surface area contributed by atoms with Crippen LogP contribution in [0.5, 0.6) is 0 Å². The van der Waals surface area contributed by atoms with Gasteiger partial charge in [0.25, 0.3) is 0 Å².